The van der Waals surface area contributed by atoms with Crippen molar-refractivity contribution in [2.45, 2.75) is 26.2 Å². The van der Waals surface area contributed by atoms with Crippen molar-refractivity contribution < 1.29 is 4.79 Å². The summed E-state index contributed by atoms with van der Waals surface area (Å²) in [6.45, 7) is 2.18. The molecule has 0 saturated carbocycles. The van der Waals surface area contributed by atoms with E-state index < -0.39 is 0 Å². The zero-order chi connectivity index (χ0) is 14.7. The number of benzene rings is 2. The molecule has 2 aromatic rings. The van der Waals surface area contributed by atoms with Gasteiger partial charge in [0.05, 0.1) is 5.75 Å². The molecule has 0 aromatic heterocycles. The smallest absolute Gasteiger partial charge is 0.172 e. The molecule has 108 valence electrons. The van der Waals surface area contributed by atoms with Crippen LogP contribution in [-0.4, -0.2) is 17.3 Å². The second-order valence-electron chi connectivity index (χ2n) is 5.54. The molecule has 0 heterocycles. The molecule has 1 aliphatic rings. The predicted octanol–water partition coefficient (Wildman–Crippen LogP) is 4.97. The van der Waals surface area contributed by atoms with E-state index >= 15 is 0 Å². The van der Waals surface area contributed by atoms with E-state index in [0.717, 1.165) is 17.7 Å². The first-order chi connectivity index (χ1) is 10.3. The van der Waals surface area contributed by atoms with Gasteiger partial charge in [0, 0.05) is 5.56 Å². The van der Waals surface area contributed by atoms with Crippen molar-refractivity contribution in [3.05, 3.63) is 59.2 Å². The molecule has 2 heteroatoms. The van der Waals surface area contributed by atoms with Gasteiger partial charge in [-0.3, -0.25) is 4.79 Å². The Morgan fingerprint density at radius 1 is 1.10 bits per heavy atom. The van der Waals surface area contributed by atoms with Crippen molar-refractivity contribution in [1.82, 2.24) is 0 Å². The summed E-state index contributed by atoms with van der Waals surface area (Å²) in [5.74, 6) is 1.94. The Morgan fingerprint density at radius 3 is 2.76 bits per heavy atom. The van der Waals surface area contributed by atoms with Gasteiger partial charge in [0.25, 0.3) is 0 Å². The Morgan fingerprint density at radius 2 is 1.90 bits per heavy atom. The van der Waals surface area contributed by atoms with E-state index in [1.807, 2.05) is 6.07 Å². The third-order valence-electron chi connectivity index (χ3n) is 3.99. The van der Waals surface area contributed by atoms with Gasteiger partial charge in [-0.1, -0.05) is 49.7 Å². The number of ketones is 1. The molecule has 1 nitrogen and oxygen atoms in total. The van der Waals surface area contributed by atoms with E-state index in [-0.39, 0.29) is 5.78 Å². The second kappa shape index (κ2) is 6.48. The quantitative estimate of drug-likeness (QED) is 0.471. The lowest BCUT2D eigenvalue weighted by Crippen LogP contribution is -2.03. The molecule has 0 amide bonds. The zero-order valence-electron chi connectivity index (χ0n) is 12.4. The number of carbonyl (C=O) groups is 1. The van der Waals surface area contributed by atoms with Crippen LogP contribution < -0.4 is 0 Å². The van der Waals surface area contributed by atoms with Crippen molar-refractivity contribution in [1.29, 1.82) is 0 Å². The summed E-state index contributed by atoms with van der Waals surface area (Å²) in [7, 11) is 0. The summed E-state index contributed by atoms with van der Waals surface area (Å²) in [6.07, 6.45) is 3.34. The topological polar surface area (TPSA) is 17.1 Å². The monoisotopic (exact) mass is 296 g/mol. The van der Waals surface area contributed by atoms with Crippen LogP contribution in [0.4, 0.5) is 0 Å². The third kappa shape index (κ3) is 3.06. The van der Waals surface area contributed by atoms with E-state index in [4.69, 9.17) is 0 Å². The largest absolute Gasteiger partial charge is 0.293 e. The Kier molecular flexibility index (Phi) is 4.45. The van der Waals surface area contributed by atoms with E-state index in [1.54, 1.807) is 11.8 Å². The number of carbonyl (C=O) groups excluding carboxylic acids is 1. The standard InChI is InChI=1S/C19H20OS/c1-2-3-10-21-13-19(20)15-8-9-18-16(12-15)11-14-6-4-5-7-17(14)18/h4-9,12H,2-3,10-11,13H2,1H3. The average Bonchev–Trinajstić information content (AvgIpc) is 2.89. The van der Waals surface area contributed by atoms with Gasteiger partial charge < -0.3 is 0 Å². The molecule has 3 rings (SSSR count). The van der Waals surface area contributed by atoms with Crippen LogP contribution in [-0.2, 0) is 6.42 Å². The molecular formula is C19H20OS. The van der Waals surface area contributed by atoms with Gasteiger partial charge in [0.2, 0.25) is 0 Å². The zero-order valence-corrected chi connectivity index (χ0v) is 13.2. The maximum atomic E-state index is 12.3. The van der Waals surface area contributed by atoms with E-state index in [1.165, 1.54) is 35.1 Å². The SMILES string of the molecule is CCCCSCC(=O)c1ccc2c(c1)Cc1ccccc1-2. The summed E-state index contributed by atoms with van der Waals surface area (Å²) in [4.78, 5) is 12.3. The molecule has 0 N–H and O–H groups in total. The summed E-state index contributed by atoms with van der Waals surface area (Å²) in [5, 5.41) is 0. The van der Waals surface area contributed by atoms with Gasteiger partial charge in [-0.05, 0) is 46.9 Å². The molecular weight excluding hydrogens is 276 g/mol. The fourth-order valence-electron chi connectivity index (χ4n) is 2.81. The third-order valence-corrected chi connectivity index (χ3v) is 5.03. The number of hydrogen-bond acceptors (Lipinski definition) is 2. The van der Waals surface area contributed by atoms with Crippen molar-refractivity contribution in [2.75, 3.05) is 11.5 Å². The minimum absolute atomic E-state index is 0.259. The molecule has 0 atom stereocenters. The van der Waals surface area contributed by atoms with Gasteiger partial charge in [-0.2, -0.15) is 11.8 Å². The number of Topliss-reactive ketones (excluding diaryl/α,β-unsaturated/α-hetero) is 1. The van der Waals surface area contributed by atoms with Crippen LogP contribution in [0, 0.1) is 0 Å². The first kappa shape index (κ1) is 14.4. The van der Waals surface area contributed by atoms with Crippen LogP contribution in [0.1, 0.15) is 41.3 Å². The first-order valence-corrected chi connectivity index (χ1v) is 8.77. The van der Waals surface area contributed by atoms with Gasteiger partial charge >= 0.3 is 0 Å². The summed E-state index contributed by atoms with van der Waals surface area (Å²) >= 11 is 1.75. The van der Waals surface area contributed by atoms with Crippen LogP contribution in [0.25, 0.3) is 11.1 Å². The molecule has 0 fully saturated rings. The van der Waals surface area contributed by atoms with Crippen molar-refractivity contribution in [3.8, 4) is 11.1 Å². The highest BCUT2D eigenvalue weighted by atomic mass is 32.2. The summed E-state index contributed by atoms with van der Waals surface area (Å²) < 4.78 is 0. The fourth-order valence-corrected chi connectivity index (χ4v) is 3.80. The average molecular weight is 296 g/mol. The number of rotatable bonds is 6. The minimum atomic E-state index is 0.259. The van der Waals surface area contributed by atoms with Crippen molar-refractivity contribution >= 4 is 17.5 Å². The van der Waals surface area contributed by atoms with Crippen LogP contribution in [0.2, 0.25) is 0 Å². The van der Waals surface area contributed by atoms with Crippen LogP contribution in [0.3, 0.4) is 0 Å². The number of hydrogen-bond donors (Lipinski definition) is 0. The molecule has 0 aliphatic heterocycles. The normalized spacial score (nSPS) is 12.0. The molecule has 0 bridgehead atoms. The van der Waals surface area contributed by atoms with Gasteiger partial charge in [0.1, 0.15) is 0 Å². The molecule has 2 aromatic carbocycles. The molecule has 0 saturated heterocycles. The Bertz CT molecular complexity index is 660. The summed E-state index contributed by atoms with van der Waals surface area (Å²) in [6, 6.07) is 14.7. The lowest BCUT2D eigenvalue weighted by Gasteiger charge is -2.05. The molecule has 0 radical (unpaired) electrons. The van der Waals surface area contributed by atoms with E-state index in [2.05, 4.69) is 43.3 Å². The number of unbranched alkanes of at least 4 members (excludes halogenated alkanes) is 1. The van der Waals surface area contributed by atoms with Gasteiger partial charge in [0.15, 0.2) is 5.78 Å². The lowest BCUT2D eigenvalue weighted by atomic mass is 10.0. The van der Waals surface area contributed by atoms with Crippen LogP contribution >= 0.6 is 11.8 Å². The highest BCUT2D eigenvalue weighted by Crippen LogP contribution is 2.36. The van der Waals surface area contributed by atoms with Crippen LogP contribution in [0.5, 0.6) is 0 Å². The maximum Gasteiger partial charge on any atom is 0.172 e. The number of fused-ring (bicyclic) bond motifs is 3. The lowest BCUT2D eigenvalue weighted by molar-refractivity contribution is 0.102. The fraction of sp³-hybridized carbons (Fsp3) is 0.316. The van der Waals surface area contributed by atoms with Crippen molar-refractivity contribution in [3.63, 3.8) is 0 Å². The maximum absolute atomic E-state index is 12.3. The van der Waals surface area contributed by atoms with Crippen LogP contribution in [0.15, 0.2) is 42.5 Å². The Balaban J connectivity index is 1.73. The second-order valence-corrected chi connectivity index (χ2v) is 6.64. The van der Waals surface area contributed by atoms with E-state index in [9.17, 15) is 4.79 Å². The molecule has 21 heavy (non-hydrogen) atoms. The highest BCUT2D eigenvalue weighted by Gasteiger charge is 2.19. The van der Waals surface area contributed by atoms with E-state index in [0.29, 0.717) is 5.75 Å². The Hall–Kier alpha value is -1.54. The molecule has 1 aliphatic carbocycles. The predicted molar refractivity (Wildman–Crippen MR) is 91.2 cm³/mol. The highest BCUT2D eigenvalue weighted by molar-refractivity contribution is 7.99. The number of thioether (sulfide) groups is 1. The van der Waals surface area contributed by atoms with Gasteiger partial charge in [-0.15, -0.1) is 0 Å². The van der Waals surface area contributed by atoms with Gasteiger partial charge in [-0.25, -0.2) is 0 Å². The molecule has 0 unspecified atom stereocenters. The minimum Gasteiger partial charge on any atom is -0.293 e. The molecule has 0 spiro atoms. The first-order valence-electron chi connectivity index (χ1n) is 7.61. The van der Waals surface area contributed by atoms with Crippen molar-refractivity contribution in [2.24, 2.45) is 0 Å². The summed E-state index contributed by atoms with van der Waals surface area (Å²) in [5.41, 5.74) is 6.14. The Labute approximate surface area is 130 Å².